The molecule has 1 fully saturated rings. The summed E-state index contributed by atoms with van der Waals surface area (Å²) in [6, 6.07) is 10.1. The fraction of sp³-hybridized carbons (Fsp3) is 0.333. The van der Waals surface area contributed by atoms with Crippen LogP contribution in [0.4, 0.5) is 5.69 Å². The van der Waals surface area contributed by atoms with Crippen molar-refractivity contribution in [1.82, 2.24) is 4.31 Å². The van der Waals surface area contributed by atoms with Crippen LogP contribution < -0.4 is 11.1 Å². The highest BCUT2D eigenvalue weighted by Crippen LogP contribution is 2.27. The van der Waals surface area contributed by atoms with E-state index in [0.717, 1.165) is 29.7 Å². The van der Waals surface area contributed by atoms with Crippen molar-refractivity contribution in [3.8, 4) is 0 Å². The number of nitrogens with two attached hydrogens (primary N) is 1. The third kappa shape index (κ3) is 4.94. The summed E-state index contributed by atoms with van der Waals surface area (Å²) in [4.78, 5) is 23.8. The van der Waals surface area contributed by atoms with Gasteiger partial charge in [-0.1, -0.05) is 12.1 Å². The lowest BCUT2D eigenvalue weighted by molar-refractivity contribution is -0.117. The molecule has 0 radical (unpaired) electrons. The molecule has 2 heterocycles. The number of nitrogens with zero attached hydrogens (tertiary/aromatic N) is 1. The quantitative estimate of drug-likeness (QED) is 0.728. The molecule has 27 heavy (non-hydrogen) atoms. The number of benzene rings is 1. The Hall–Kier alpha value is -2.23. The van der Waals surface area contributed by atoms with Crippen LogP contribution >= 0.6 is 11.3 Å². The van der Waals surface area contributed by atoms with Crippen LogP contribution in [-0.4, -0.2) is 37.6 Å². The highest BCUT2D eigenvalue weighted by Gasteiger charge is 2.28. The topological polar surface area (TPSA) is 110 Å². The number of primary amides is 1. The summed E-state index contributed by atoms with van der Waals surface area (Å²) in [6.45, 7) is 1.11. The molecule has 1 aliphatic rings. The van der Waals surface area contributed by atoms with Gasteiger partial charge in [0.15, 0.2) is 0 Å². The number of amides is 2. The van der Waals surface area contributed by atoms with E-state index in [1.807, 2.05) is 0 Å². The van der Waals surface area contributed by atoms with E-state index in [-0.39, 0.29) is 23.0 Å². The van der Waals surface area contributed by atoms with Crippen molar-refractivity contribution in [3.63, 3.8) is 0 Å². The highest BCUT2D eigenvalue weighted by molar-refractivity contribution is 7.91. The lowest BCUT2D eigenvalue weighted by Crippen LogP contribution is -2.27. The first-order valence-electron chi connectivity index (χ1n) is 8.60. The van der Waals surface area contributed by atoms with E-state index in [2.05, 4.69) is 5.32 Å². The van der Waals surface area contributed by atoms with Crippen LogP contribution in [0.15, 0.2) is 40.6 Å². The molecule has 2 amide bonds. The van der Waals surface area contributed by atoms with Crippen molar-refractivity contribution < 1.29 is 18.0 Å². The van der Waals surface area contributed by atoms with Crippen LogP contribution in [0.5, 0.6) is 0 Å². The molecule has 144 valence electrons. The average molecular weight is 408 g/mol. The van der Waals surface area contributed by atoms with Gasteiger partial charge < -0.3 is 11.1 Å². The zero-order valence-electron chi connectivity index (χ0n) is 14.7. The van der Waals surface area contributed by atoms with E-state index in [0.29, 0.717) is 23.7 Å². The summed E-state index contributed by atoms with van der Waals surface area (Å²) in [5.41, 5.74) is 6.53. The minimum absolute atomic E-state index is 0.100. The van der Waals surface area contributed by atoms with Gasteiger partial charge in [0.2, 0.25) is 11.8 Å². The molecule has 1 aliphatic heterocycles. The van der Waals surface area contributed by atoms with Crippen molar-refractivity contribution in [2.45, 2.75) is 29.9 Å². The number of nitrogens with one attached hydrogen (secondary N) is 1. The third-order valence-corrected chi connectivity index (χ3v) is 7.70. The molecule has 9 heteroatoms. The van der Waals surface area contributed by atoms with Gasteiger partial charge in [-0.05, 0) is 42.7 Å². The van der Waals surface area contributed by atoms with E-state index >= 15 is 0 Å². The average Bonchev–Trinajstić information content (AvgIpc) is 3.28. The summed E-state index contributed by atoms with van der Waals surface area (Å²) in [5, 5.41) is 2.77. The standard InChI is InChI=1S/C18H21N3O4S2/c19-16(22)11-13-3-5-14(6-4-13)20-17(23)12-15-7-8-18(26-15)27(24,25)21-9-1-2-10-21/h3-8H,1-2,9-12H2,(H2,19,22)(H,20,23). The van der Waals surface area contributed by atoms with Gasteiger partial charge in [0.1, 0.15) is 4.21 Å². The van der Waals surface area contributed by atoms with Gasteiger partial charge in [0.25, 0.3) is 10.0 Å². The van der Waals surface area contributed by atoms with Gasteiger partial charge in [0, 0.05) is 23.7 Å². The first kappa shape index (κ1) is 19.5. The second kappa shape index (κ2) is 8.20. The minimum atomic E-state index is -3.44. The molecule has 0 unspecified atom stereocenters. The molecule has 1 saturated heterocycles. The number of thiophene rings is 1. The Kier molecular flexibility index (Phi) is 5.93. The molecular formula is C18H21N3O4S2. The first-order chi connectivity index (χ1) is 12.8. The number of carbonyl (C=O) groups excluding carboxylic acids is 2. The lowest BCUT2D eigenvalue weighted by atomic mass is 10.1. The zero-order chi connectivity index (χ0) is 19.4. The Morgan fingerprint density at radius 3 is 2.33 bits per heavy atom. The molecule has 0 aliphatic carbocycles. The molecule has 7 nitrogen and oxygen atoms in total. The summed E-state index contributed by atoms with van der Waals surface area (Å²) in [6.07, 6.45) is 2.02. The number of anilines is 1. The summed E-state index contributed by atoms with van der Waals surface area (Å²) in [7, 11) is -3.44. The monoisotopic (exact) mass is 407 g/mol. The van der Waals surface area contributed by atoms with Crippen molar-refractivity contribution in [2.24, 2.45) is 5.73 Å². The Morgan fingerprint density at radius 2 is 1.70 bits per heavy atom. The molecule has 3 N–H and O–H groups in total. The largest absolute Gasteiger partial charge is 0.369 e. The summed E-state index contributed by atoms with van der Waals surface area (Å²) >= 11 is 1.13. The Balaban J connectivity index is 1.60. The first-order valence-corrected chi connectivity index (χ1v) is 10.9. The maximum atomic E-state index is 12.5. The molecule has 3 rings (SSSR count). The Bertz CT molecular complexity index is 930. The number of sulfonamides is 1. The summed E-state index contributed by atoms with van der Waals surface area (Å²) in [5.74, 6) is -0.645. The van der Waals surface area contributed by atoms with E-state index in [9.17, 15) is 18.0 Å². The van der Waals surface area contributed by atoms with Crippen molar-refractivity contribution in [1.29, 1.82) is 0 Å². The predicted octanol–water partition coefficient (Wildman–Crippen LogP) is 1.74. The van der Waals surface area contributed by atoms with Gasteiger partial charge in [-0.15, -0.1) is 11.3 Å². The number of rotatable bonds is 7. The van der Waals surface area contributed by atoms with E-state index in [1.165, 1.54) is 4.31 Å². The van der Waals surface area contributed by atoms with Gasteiger partial charge in [-0.2, -0.15) is 4.31 Å². The molecular weight excluding hydrogens is 386 g/mol. The molecule has 0 atom stereocenters. The maximum Gasteiger partial charge on any atom is 0.252 e. The van der Waals surface area contributed by atoms with E-state index < -0.39 is 15.9 Å². The van der Waals surface area contributed by atoms with Gasteiger partial charge in [-0.25, -0.2) is 8.42 Å². The van der Waals surface area contributed by atoms with Gasteiger partial charge >= 0.3 is 0 Å². The lowest BCUT2D eigenvalue weighted by Gasteiger charge is -2.13. The van der Waals surface area contributed by atoms with E-state index in [4.69, 9.17) is 5.73 Å². The molecule has 1 aromatic heterocycles. The second-order valence-corrected chi connectivity index (χ2v) is 9.73. The normalized spacial score (nSPS) is 15.0. The number of carbonyl (C=O) groups is 2. The van der Waals surface area contributed by atoms with Crippen molar-refractivity contribution in [3.05, 3.63) is 46.8 Å². The van der Waals surface area contributed by atoms with Crippen LogP contribution in [-0.2, 0) is 32.5 Å². The van der Waals surface area contributed by atoms with Gasteiger partial charge in [0.05, 0.1) is 12.8 Å². The second-order valence-electron chi connectivity index (χ2n) is 6.40. The highest BCUT2D eigenvalue weighted by atomic mass is 32.2. The van der Waals surface area contributed by atoms with E-state index in [1.54, 1.807) is 36.4 Å². The van der Waals surface area contributed by atoms with Crippen LogP contribution in [0.1, 0.15) is 23.3 Å². The van der Waals surface area contributed by atoms with Crippen LogP contribution in [0.25, 0.3) is 0 Å². The number of hydrogen-bond donors (Lipinski definition) is 2. The molecule has 2 aromatic rings. The third-order valence-electron chi connectivity index (χ3n) is 4.25. The SMILES string of the molecule is NC(=O)Cc1ccc(NC(=O)Cc2ccc(S(=O)(=O)N3CCCC3)s2)cc1. The fourth-order valence-corrected chi connectivity index (χ4v) is 5.94. The van der Waals surface area contributed by atoms with Gasteiger partial charge in [-0.3, -0.25) is 9.59 Å². The molecule has 0 bridgehead atoms. The molecule has 1 aromatic carbocycles. The molecule has 0 saturated carbocycles. The van der Waals surface area contributed by atoms with Crippen LogP contribution in [0, 0.1) is 0 Å². The summed E-state index contributed by atoms with van der Waals surface area (Å²) < 4.78 is 26.8. The van der Waals surface area contributed by atoms with Crippen LogP contribution in [0.2, 0.25) is 0 Å². The van der Waals surface area contributed by atoms with Crippen molar-refractivity contribution in [2.75, 3.05) is 18.4 Å². The fourth-order valence-electron chi connectivity index (χ4n) is 2.92. The van der Waals surface area contributed by atoms with Crippen LogP contribution in [0.3, 0.4) is 0 Å². The smallest absolute Gasteiger partial charge is 0.252 e. The van der Waals surface area contributed by atoms with Crippen molar-refractivity contribution >= 4 is 38.9 Å². The Labute approximate surface area is 162 Å². The predicted molar refractivity (Wildman–Crippen MR) is 104 cm³/mol. The molecule has 0 spiro atoms. The number of hydrogen-bond acceptors (Lipinski definition) is 5. The maximum absolute atomic E-state index is 12.5. The minimum Gasteiger partial charge on any atom is -0.369 e. The Morgan fingerprint density at radius 1 is 1.04 bits per heavy atom. The zero-order valence-corrected chi connectivity index (χ0v) is 16.3.